The number of carbonyl (C=O) groups excluding carboxylic acids is 1. The Kier molecular flexibility index (Phi) is 6.81. The first kappa shape index (κ1) is 17.6. The van der Waals surface area contributed by atoms with Gasteiger partial charge in [0, 0.05) is 43.2 Å². The second-order valence-electron chi connectivity index (χ2n) is 4.74. The zero-order chi connectivity index (χ0) is 14.5. The highest BCUT2D eigenvalue weighted by Crippen LogP contribution is 2.13. The monoisotopic (exact) mass is 325 g/mol. The van der Waals surface area contributed by atoms with Crippen molar-refractivity contribution in [2.45, 2.75) is 19.9 Å². The average molecular weight is 326 g/mol. The van der Waals surface area contributed by atoms with Crippen LogP contribution in [0.4, 0.5) is 0 Å². The lowest BCUT2D eigenvalue weighted by molar-refractivity contribution is 0.0796. The van der Waals surface area contributed by atoms with Crippen LogP contribution in [0.2, 0.25) is 0 Å². The number of thiazole rings is 1. The van der Waals surface area contributed by atoms with Crippen LogP contribution >= 0.6 is 23.7 Å². The molecule has 4 nitrogen and oxygen atoms in total. The summed E-state index contributed by atoms with van der Waals surface area (Å²) >= 11 is 1.68. The van der Waals surface area contributed by atoms with Crippen molar-refractivity contribution in [2.75, 3.05) is 13.6 Å². The Hall–Kier alpha value is -1.43. The topological polar surface area (TPSA) is 59.2 Å². The van der Waals surface area contributed by atoms with E-state index >= 15 is 0 Å². The third-order valence-corrected chi connectivity index (χ3v) is 4.09. The summed E-state index contributed by atoms with van der Waals surface area (Å²) in [4.78, 5) is 19.5. The van der Waals surface area contributed by atoms with Gasteiger partial charge in [0.1, 0.15) is 0 Å². The predicted molar refractivity (Wildman–Crippen MR) is 89.1 cm³/mol. The molecule has 2 rings (SSSR count). The van der Waals surface area contributed by atoms with Crippen molar-refractivity contribution in [1.82, 2.24) is 9.88 Å². The SMILES string of the molecule is Cc1cnc(CCN(C)C(=O)c2ccc(CN)cc2)s1.Cl. The van der Waals surface area contributed by atoms with E-state index in [0.29, 0.717) is 18.7 Å². The molecule has 114 valence electrons. The molecule has 1 aromatic carbocycles. The van der Waals surface area contributed by atoms with Crippen LogP contribution in [0.5, 0.6) is 0 Å². The van der Waals surface area contributed by atoms with Crippen LogP contribution in [0.3, 0.4) is 0 Å². The van der Waals surface area contributed by atoms with Gasteiger partial charge in [0.05, 0.1) is 5.01 Å². The number of hydrogen-bond acceptors (Lipinski definition) is 4. The fourth-order valence-corrected chi connectivity index (χ4v) is 2.66. The van der Waals surface area contributed by atoms with E-state index in [2.05, 4.69) is 4.98 Å². The molecule has 0 aliphatic rings. The Morgan fingerprint density at radius 3 is 2.52 bits per heavy atom. The van der Waals surface area contributed by atoms with Gasteiger partial charge in [-0.2, -0.15) is 0 Å². The summed E-state index contributed by atoms with van der Waals surface area (Å²) < 4.78 is 0. The summed E-state index contributed by atoms with van der Waals surface area (Å²) in [5.41, 5.74) is 7.27. The number of likely N-dealkylation sites (N-methyl/N-ethyl adjacent to an activating group) is 1. The first-order chi connectivity index (χ1) is 9.60. The van der Waals surface area contributed by atoms with Crippen LogP contribution in [0.25, 0.3) is 0 Å². The van der Waals surface area contributed by atoms with Gasteiger partial charge in [-0.3, -0.25) is 4.79 Å². The molecule has 0 unspecified atom stereocenters. The summed E-state index contributed by atoms with van der Waals surface area (Å²) in [6, 6.07) is 7.44. The molecule has 0 fully saturated rings. The molecule has 1 heterocycles. The fourth-order valence-electron chi connectivity index (χ4n) is 1.89. The minimum atomic E-state index is 0. The Morgan fingerprint density at radius 1 is 1.33 bits per heavy atom. The molecule has 0 saturated carbocycles. The van der Waals surface area contributed by atoms with Crippen molar-refractivity contribution in [3.63, 3.8) is 0 Å². The number of halogens is 1. The predicted octanol–water partition coefficient (Wildman–Crippen LogP) is 2.65. The van der Waals surface area contributed by atoms with Crippen LogP contribution in [0, 0.1) is 6.92 Å². The van der Waals surface area contributed by atoms with E-state index in [0.717, 1.165) is 17.0 Å². The van der Waals surface area contributed by atoms with Crippen molar-refractivity contribution in [3.05, 3.63) is 51.5 Å². The Balaban J connectivity index is 0.00000220. The minimum absolute atomic E-state index is 0. The second-order valence-corrected chi connectivity index (χ2v) is 6.06. The third-order valence-electron chi connectivity index (χ3n) is 3.11. The molecule has 0 aliphatic heterocycles. The fraction of sp³-hybridized carbons (Fsp3) is 0.333. The first-order valence-corrected chi connectivity index (χ1v) is 7.37. The number of carbonyl (C=O) groups is 1. The second kappa shape index (κ2) is 8.12. The smallest absolute Gasteiger partial charge is 0.253 e. The molecule has 1 amide bonds. The van der Waals surface area contributed by atoms with Gasteiger partial charge in [0.2, 0.25) is 0 Å². The lowest BCUT2D eigenvalue weighted by Gasteiger charge is -2.16. The highest BCUT2D eigenvalue weighted by molar-refractivity contribution is 7.11. The zero-order valence-corrected chi connectivity index (χ0v) is 13.8. The molecule has 0 bridgehead atoms. The third kappa shape index (κ3) is 4.81. The maximum Gasteiger partial charge on any atom is 0.253 e. The number of amides is 1. The van der Waals surface area contributed by atoms with Crippen molar-refractivity contribution >= 4 is 29.7 Å². The molecule has 0 saturated heterocycles. The first-order valence-electron chi connectivity index (χ1n) is 6.56. The number of aryl methyl sites for hydroxylation is 1. The van der Waals surface area contributed by atoms with E-state index in [4.69, 9.17) is 5.73 Å². The Morgan fingerprint density at radius 2 is 2.00 bits per heavy atom. The number of nitrogens with two attached hydrogens (primary N) is 1. The van der Waals surface area contributed by atoms with Gasteiger partial charge >= 0.3 is 0 Å². The zero-order valence-electron chi connectivity index (χ0n) is 12.2. The molecule has 2 N–H and O–H groups in total. The van der Waals surface area contributed by atoms with Crippen LogP contribution in [-0.4, -0.2) is 29.4 Å². The summed E-state index contributed by atoms with van der Waals surface area (Å²) in [5.74, 6) is 0.0295. The van der Waals surface area contributed by atoms with Gasteiger partial charge in [-0.1, -0.05) is 12.1 Å². The Labute approximate surface area is 135 Å². The van der Waals surface area contributed by atoms with Crippen molar-refractivity contribution < 1.29 is 4.79 Å². The molecular weight excluding hydrogens is 306 g/mol. The van der Waals surface area contributed by atoms with E-state index in [9.17, 15) is 4.79 Å². The lowest BCUT2D eigenvalue weighted by Crippen LogP contribution is -2.28. The summed E-state index contributed by atoms with van der Waals surface area (Å²) in [6.07, 6.45) is 2.66. The summed E-state index contributed by atoms with van der Waals surface area (Å²) in [5, 5.41) is 1.07. The maximum atomic E-state index is 12.2. The van der Waals surface area contributed by atoms with Crippen molar-refractivity contribution in [2.24, 2.45) is 5.73 Å². The molecule has 21 heavy (non-hydrogen) atoms. The number of benzene rings is 1. The normalized spacial score (nSPS) is 10.0. The highest BCUT2D eigenvalue weighted by atomic mass is 35.5. The van der Waals surface area contributed by atoms with E-state index < -0.39 is 0 Å². The van der Waals surface area contributed by atoms with Crippen LogP contribution < -0.4 is 5.73 Å². The van der Waals surface area contributed by atoms with E-state index in [1.54, 1.807) is 16.2 Å². The number of hydrogen-bond donors (Lipinski definition) is 1. The molecule has 0 radical (unpaired) electrons. The lowest BCUT2D eigenvalue weighted by atomic mass is 10.1. The van der Waals surface area contributed by atoms with Gasteiger partial charge in [0.25, 0.3) is 5.91 Å². The van der Waals surface area contributed by atoms with Crippen LogP contribution in [-0.2, 0) is 13.0 Å². The quantitative estimate of drug-likeness (QED) is 0.919. The molecule has 2 aromatic rings. The maximum absolute atomic E-state index is 12.2. The molecule has 1 aromatic heterocycles. The molecule has 0 atom stereocenters. The van der Waals surface area contributed by atoms with Crippen LogP contribution in [0.1, 0.15) is 25.8 Å². The van der Waals surface area contributed by atoms with Gasteiger partial charge in [0.15, 0.2) is 0 Å². The summed E-state index contributed by atoms with van der Waals surface area (Å²) in [7, 11) is 1.82. The van der Waals surface area contributed by atoms with Crippen molar-refractivity contribution in [3.8, 4) is 0 Å². The van der Waals surface area contributed by atoms with E-state index in [1.807, 2.05) is 44.4 Å². The van der Waals surface area contributed by atoms with E-state index in [-0.39, 0.29) is 18.3 Å². The van der Waals surface area contributed by atoms with Gasteiger partial charge in [-0.25, -0.2) is 4.98 Å². The Bertz CT molecular complexity index is 583. The molecular formula is C15H20ClN3OS. The molecule has 0 aliphatic carbocycles. The largest absolute Gasteiger partial charge is 0.341 e. The summed E-state index contributed by atoms with van der Waals surface area (Å²) in [6.45, 7) is 3.20. The highest BCUT2D eigenvalue weighted by Gasteiger charge is 2.12. The number of rotatable bonds is 5. The number of nitrogens with zero attached hydrogens (tertiary/aromatic N) is 2. The van der Waals surface area contributed by atoms with Gasteiger partial charge in [-0.05, 0) is 24.6 Å². The van der Waals surface area contributed by atoms with Gasteiger partial charge in [-0.15, -0.1) is 23.7 Å². The number of aromatic nitrogens is 1. The average Bonchev–Trinajstić information content (AvgIpc) is 2.89. The molecule has 0 spiro atoms. The standard InChI is InChI=1S/C15H19N3OS.ClH/c1-11-10-17-14(20-11)7-8-18(2)15(19)13-5-3-12(9-16)4-6-13;/h3-6,10H,7-9,16H2,1-2H3;1H. The molecule has 6 heteroatoms. The van der Waals surface area contributed by atoms with Crippen LogP contribution in [0.15, 0.2) is 30.5 Å². The van der Waals surface area contributed by atoms with Crippen molar-refractivity contribution in [1.29, 1.82) is 0 Å². The minimum Gasteiger partial charge on any atom is -0.341 e. The van der Waals surface area contributed by atoms with E-state index in [1.165, 1.54) is 4.88 Å². The van der Waals surface area contributed by atoms with Gasteiger partial charge < -0.3 is 10.6 Å².